The van der Waals surface area contributed by atoms with Crippen molar-refractivity contribution in [2.75, 3.05) is 5.32 Å². The van der Waals surface area contributed by atoms with E-state index in [0.717, 1.165) is 17.7 Å². The first kappa shape index (κ1) is 18.2. The van der Waals surface area contributed by atoms with Crippen LogP contribution in [0.25, 0.3) is 0 Å². The molecule has 24 heavy (non-hydrogen) atoms. The summed E-state index contributed by atoms with van der Waals surface area (Å²) in [6.45, 7) is 3.23. The molecule has 2 aromatic rings. The second-order valence-electron chi connectivity index (χ2n) is 5.12. The number of esters is 1. The molecule has 0 heterocycles. The molecule has 0 saturated heterocycles. The van der Waals surface area contributed by atoms with E-state index < -0.39 is 23.8 Å². The van der Waals surface area contributed by atoms with Crippen molar-refractivity contribution in [3.05, 3.63) is 63.4 Å². The lowest BCUT2D eigenvalue weighted by Crippen LogP contribution is -2.30. The second-order valence-corrected chi connectivity index (χ2v) is 5.96. The maximum Gasteiger partial charge on any atom is 0.340 e. The average Bonchev–Trinajstić information content (AvgIpc) is 2.50. The minimum Gasteiger partial charge on any atom is -0.449 e. The van der Waals surface area contributed by atoms with Crippen LogP contribution < -0.4 is 5.32 Å². The summed E-state index contributed by atoms with van der Waals surface area (Å²) in [5.41, 5.74) is 1.32. The first-order valence-electron chi connectivity index (χ1n) is 7.01. The van der Waals surface area contributed by atoms with Crippen LogP contribution >= 0.6 is 23.2 Å². The summed E-state index contributed by atoms with van der Waals surface area (Å²) in [6, 6.07) is 8.34. The van der Waals surface area contributed by atoms with Gasteiger partial charge in [-0.2, -0.15) is 0 Å². The van der Waals surface area contributed by atoms with Gasteiger partial charge in [-0.25, -0.2) is 9.18 Å². The van der Waals surface area contributed by atoms with E-state index in [-0.39, 0.29) is 10.6 Å². The van der Waals surface area contributed by atoms with Crippen LogP contribution in [0.3, 0.4) is 0 Å². The van der Waals surface area contributed by atoms with Crippen molar-refractivity contribution in [1.82, 2.24) is 0 Å². The second kappa shape index (κ2) is 7.64. The topological polar surface area (TPSA) is 55.4 Å². The molecule has 0 spiro atoms. The van der Waals surface area contributed by atoms with Gasteiger partial charge in [0.15, 0.2) is 6.10 Å². The zero-order valence-corrected chi connectivity index (χ0v) is 14.4. The monoisotopic (exact) mass is 369 g/mol. The van der Waals surface area contributed by atoms with E-state index in [2.05, 4.69) is 5.32 Å². The smallest absolute Gasteiger partial charge is 0.340 e. The summed E-state index contributed by atoms with van der Waals surface area (Å²) in [6.07, 6.45) is -1.07. The predicted octanol–water partition coefficient (Wildman–Crippen LogP) is 4.62. The molecule has 126 valence electrons. The normalized spacial score (nSPS) is 11.7. The highest BCUT2D eigenvalue weighted by molar-refractivity contribution is 6.33. The Morgan fingerprint density at radius 3 is 2.54 bits per heavy atom. The van der Waals surface area contributed by atoms with Crippen LogP contribution in [0.1, 0.15) is 22.8 Å². The molecule has 0 saturated carbocycles. The molecule has 1 unspecified atom stereocenters. The fourth-order valence-corrected chi connectivity index (χ4v) is 2.31. The zero-order valence-electron chi connectivity index (χ0n) is 12.9. The molecule has 1 N–H and O–H groups in total. The van der Waals surface area contributed by atoms with Gasteiger partial charge in [-0.1, -0.05) is 29.3 Å². The fourth-order valence-electron chi connectivity index (χ4n) is 1.90. The summed E-state index contributed by atoms with van der Waals surface area (Å²) in [5.74, 6) is -1.91. The molecule has 0 aliphatic carbocycles. The zero-order chi connectivity index (χ0) is 17.9. The van der Waals surface area contributed by atoms with Crippen molar-refractivity contribution in [2.24, 2.45) is 0 Å². The highest BCUT2D eigenvalue weighted by Crippen LogP contribution is 2.21. The van der Waals surface area contributed by atoms with Gasteiger partial charge in [0.25, 0.3) is 5.91 Å². The Morgan fingerprint density at radius 1 is 1.17 bits per heavy atom. The Bertz CT molecular complexity index is 795. The number of hydrogen-bond donors (Lipinski definition) is 1. The molecular weight excluding hydrogens is 356 g/mol. The van der Waals surface area contributed by atoms with Crippen molar-refractivity contribution in [3.63, 3.8) is 0 Å². The third-order valence-corrected chi connectivity index (χ3v) is 3.81. The Balaban J connectivity index is 2.05. The Labute approximate surface area is 148 Å². The molecule has 4 nitrogen and oxygen atoms in total. The standard InChI is InChI=1S/C17H14Cl2FNO3/c1-9-3-4-11(18)7-15(9)21-16(22)10(2)24-17(23)13-6-5-12(20)8-14(13)19/h3-8,10H,1-2H3,(H,21,22). The number of aryl methyl sites for hydroxylation is 1. The summed E-state index contributed by atoms with van der Waals surface area (Å²) in [5, 5.41) is 3.02. The number of carbonyl (C=O) groups excluding carboxylic acids is 2. The van der Waals surface area contributed by atoms with E-state index in [0.29, 0.717) is 10.7 Å². The van der Waals surface area contributed by atoms with Crippen LogP contribution in [0.4, 0.5) is 10.1 Å². The molecule has 1 amide bonds. The van der Waals surface area contributed by atoms with Gasteiger partial charge in [-0.05, 0) is 49.7 Å². The van der Waals surface area contributed by atoms with Gasteiger partial charge in [-0.3, -0.25) is 4.79 Å². The van der Waals surface area contributed by atoms with Gasteiger partial charge in [0.2, 0.25) is 0 Å². The van der Waals surface area contributed by atoms with E-state index in [1.807, 2.05) is 0 Å². The molecule has 1 atom stereocenters. The van der Waals surface area contributed by atoms with Gasteiger partial charge in [0, 0.05) is 10.7 Å². The third-order valence-electron chi connectivity index (χ3n) is 3.26. The van der Waals surface area contributed by atoms with E-state index in [9.17, 15) is 14.0 Å². The first-order chi connectivity index (χ1) is 11.3. The number of rotatable bonds is 4. The number of amides is 1. The summed E-state index contributed by atoms with van der Waals surface area (Å²) >= 11 is 11.7. The number of ether oxygens (including phenoxy) is 1. The van der Waals surface area contributed by atoms with E-state index in [4.69, 9.17) is 27.9 Å². The number of hydrogen-bond acceptors (Lipinski definition) is 3. The van der Waals surface area contributed by atoms with E-state index in [1.54, 1.807) is 25.1 Å². The SMILES string of the molecule is Cc1ccc(Cl)cc1NC(=O)C(C)OC(=O)c1ccc(F)cc1Cl. The Morgan fingerprint density at radius 2 is 1.88 bits per heavy atom. The summed E-state index contributed by atoms with van der Waals surface area (Å²) in [4.78, 5) is 24.2. The minimum atomic E-state index is -1.07. The summed E-state index contributed by atoms with van der Waals surface area (Å²) in [7, 11) is 0. The van der Waals surface area contributed by atoms with E-state index >= 15 is 0 Å². The molecule has 2 rings (SSSR count). The number of benzene rings is 2. The van der Waals surface area contributed by atoms with Crippen LogP contribution in [0.2, 0.25) is 10.0 Å². The lowest BCUT2D eigenvalue weighted by molar-refractivity contribution is -0.123. The Hall–Kier alpha value is -2.11. The molecule has 0 fully saturated rings. The molecule has 0 aliphatic rings. The maximum atomic E-state index is 13.0. The summed E-state index contributed by atoms with van der Waals surface area (Å²) < 4.78 is 18.1. The largest absolute Gasteiger partial charge is 0.449 e. The van der Waals surface area contributed by atoms with Crippen LogP contribution in [-0.2, 0) is 9.53 Å². The molecule has 0 bridgehead atoms. The minimum absolute atomic E-state index is 0.0170. The molecule has 0 aliphatic heterocycles. The lowest BCUT2D eigenvalue weighted by atomic mass is 10.2. The number of carbonyl (C=O) groups is 2. The van der Waals surface area contributed by atoms with Crippen molar-refractivity contribution in [3.8, 4) is 0 Å². The third kappa shape index (κ3) is 4.46. The predicted molar refractivity (Wildman–Crippen MR) is 91.1 cm³/mol. The van der Waals surface area contributed by atoms with Crippen LogP contribution in [0.15, 0.2) is 36.4 Å². The van der Waals surface area contributed by atoms with Gasteiger partial charge in [0.05, 0.1) is 10.6 Å². The van der Waals surface area contributed by atoms with Gasteiger partial charge < -0.3 is 10.1 Å². The molecule has 0 radical (unpaired) electrons. The van der Waals surface area contributed by atoms with Gasteiger partial charge >= 0.3 is 5.97 Å². The average molecular weight is 370 g/mol. The van der Waals surface area contributed by atoms with E-state index in [1.165, 1.54) is 13.0 Å². The van der Waals surface area contributed by atoms with Crippen molar-refractivity contribution in [1.29, 1.82) is 0 Å². The molecule has 7 heteroatoms. The molecular formula is C17H14Cl2FNO3. The first-order valence-corrected chi connectivity index (χ1v) is 7.76. The van der Waals surface area contributed by atoms with Crippen molar-refractivity contribution >= 4 is 40.8 Å². The maximum absolute atomic E-state index is 13.0. The lowest BCUT2D eigenvalue weighted by Gasteiger charge is -2.15. The van der Waals surface area contributed by atoms with Gasteiger partial charge in [-0.15, -0.1) is 0 Å². The molecule has 0 aromatic heterocycles. The van der Waals surface area contributed by atoms with Gasteiger partial charge in [0.1, 0.15) is 5.82 Å². The van der Waals surface area contributed by atoms with Crippen molar-refractivity contribution in [2.45, 2.75) is 20.0 Å². The molecule has 2 aromatic carbocycles. The number of anilines is 1. The quantitative estimate of drug-likeness (QED) is 0.799. The Kier molecular flexibility index (Phi) is 5.80. The number of nitrogens with one attached hydrogen (secondary N) is 1. The van der Waals surface area contributed by atoms with Crippen LogP contribution in [-0.4, -0.2) is 18.0 Å². The van der Waals surface area contributed by atoms with Crippen LogP contribution in [0.5, 0.6) is 0 Å². The highest BCUT2D eigenvalue weighted by atomic mass is 35.5. The number of halogens is 3. The fraction of sp³-hybridized carbons (Fsp3) is 0.176. The van der Waals surface area contributed by atoms with Crippen molar-refractivity contribution < 1.29 is 18.7 Å². The highest BCUT2D eigenvalue weighted by Gasteiger charge is 2.21. The van der Waals surface area contributed by atoms with Crippen LogP contribution in [0, 0.1) is 12.7 Å².